The van der Waals surface area contributed by atoms with Crippen molar-refractivity contribution < 1.29 is 18.3 Å². The average molecular weight is 268 g/mol. The number of rotatable bonds is 6. The molecule has 0 saturated heterocycles. The van der Waals surface area contributed by atoms with E-state index in [2.05, 4.69) is 0 Å². The second-order valence-electron chi connectivity index (χ2n) is 4.77. The van der Waals surface area contributed by atoms with E-state index in [0.717, 1.165) is 19.3 Å². The van der Waals surface area contributed by atoms with Crippen LogP contribution in [-0.4, -0.2) is 25.2 Å². The van der Waals surface area contributed by atoms with Crippen LogP contribution in [0.4, 0.5) is 0 Å². The van der Waals surface area contributed by atoms with Gasteiger partial charge in [-0.3, -0.25) is 4.79 Å². The highest BCUT2D eigenvalue weighted by Crippen LogP contribution is 2.33. The lowest BCUT2D eigenvalue weighted by molar-refractivity contribution is -0.136. The predicted molar refractivity (Wildman–Crippen MR) is 67.2 cm³/mol. The highest BCUT2D eigenvalue weighted by Gasteiger charge is 2.24. The van der Waals surface area contributed by atoms with Crippen LogP contribution in [0, 0.1) is 5.92 Å². The van der Waals surface area contributed by atoms with Gasteiger partial charge in [0.05, 0.1) is 17.1 Å². The molecule has 1 aromatic rings. The zero-order chi connectivity index (χ0) is 13.2. The van der Waals surface area contributed by atoms with Gasteiger partial charge in [0.15, 0.2) is 9.84 Å². The van der Waals surface area contributed by atoms with Crippen molar-refractivity contribution in [3.05, 3.63) is 29.8 Å². The fraction of sp³-hybridized carbons (Fsp3) is 0.462. The molecule has 2 rings (SSSR count). The van der Waals surface area contributed by atoms with Crippen LogP contribution in [0.3, 0.4) is 0 Å². The third-order valence-corrected chi connectivity index (χ3v) is 4.89. The van der Waals surface area contributed by atoms with Crippen LogP contribution < -0.4 is 0 Å². The first-order valence-electron chi connectivity index (χ1n) is 6.01. The second kappa shape index (κ2) is 5.10. The molecule has 1 fully saturated rings. The van der Waals surface area contributed by atoms with E-state index in [1.807, 2.05) is 0 Å². The number of hydrogen-bond acceptors (Lipinski definition) is 3. The zero-order valence-corrected chi connectivity index (χ0v) is 10.8. The van der Waals surface area contributed by atoms with Crippen LogP contribution in [0.5, 0.6) is 0 Å². The minimum absolute atomic E-state index is 0.0810. The number of hydrogen-bond donors (Lipinski definition) is 1. The molecule has 1 aromatic carbocycles. The first-order chi connectivity index (χ1) is 8.47. The van der Waals surface area contributed by atoms with Gasteiger partial charge in [0.25, 0.3) is 0 Å². The van der Waals surface area contributed by atoms with Crippen LogP contribution in [0.1, 0.15) is 24.8 Å². The second-order valence-corrected chi connectivity index (χ2v) is 6.87. The van der Waals surface area contributed by atoms with Gasteiger partial charge in [0.2, 0.25) is 0 Å². The third kappa shape index (κ3) is 3.57. The molecular formula is C13H16O4S. The van der Waals surface area contributed by atoms with Crippen LogP contribution in [0.25, 0.3) is 0 Å². The number of benzene rings is 1. The van der Waals surface area contributed by atoms with Crippen molar-refractivity contribution in [1.82, 2.24) is 0 Å². The Morgan fingerprint density at radius 2 is 1.83 bits per heavy atom. The molecule has 0 bridgehead atoms. The van der Waals surface area contributed by atoms with Gasteiger partial charge in [-0.1, -0.05) is 25.0 Å². The summed E-state index contributed by atoms with van der Waals surface area (Å²) in [6.45, 7) is 0. The Balaban J connectivity index is 2.04. The molecule has 1 aliphatic rings. The fourth-order valence-corrected chi connectivity index (χ4v) is 3.27. The van der Waals surface area contributed by atoms with Crippen LogP contribution in [0.15, 0.2) is 29.2 Å². The first kappa shape index (κ1) is 13.1. The number of carboxylic acid groups (broad SMARTS) is 1. The molecule has 98 valence electrons. The van der Waals surface area contributed by atoms with Gasteiger partial charge in [-0.15, -0.1) is 0 Å². The van der Waals surface area contributed by atoms with Crippen LogP contribution in [0.2, 0.25) is 0 Å². The van der Waals surface area contributed by atoms with E-state index in [1.54, 1.807) is 12.1 Å². The Morgan fingerprint density at radius 3 is 2.33 bits per heavy atom. The van der Waals surface area contributed by atoms with E-state index in [1.165, 1.54) is 12.1 Å². The van der Waals surface area contributed by atoms with E-state index in [-0.39, 0.29) is 17.1 Å². The Morgan fingerprint density at radius 1 is 1.22 bits per heavy atom. The average Bonchev–Trinajstić information content (AvgIpc) is 3.10. The zero-order valence-electron chi connectivity index (χ0n) is 10.0. The lowest BCUT2D eigenvalue weighted by Crippen LogP contribution is -2.08. The predicted octanol–water partition coefficient (Wildman–Crippen LogP) is 1.89. The minimum atomic E-state index is -3.21. The van der Waals surface area contributed by atoms with Crippen molar-refractivity contribution in [3.8, 4) is 0 Å². The fourth-order valence-electron chi connectivity index (χ4n) is 1.84. The highest BCUT2D eigenvalue weighted by molar-refractivity contribution is 7.91. The maximum Gasteiger partial charge on any atom is 0.307 e. The number of carbonyl (C=O) groups is 1. The summed E-state index contributed by atoms with van der Waals surface area (Å²) in [7, 11) is -3.21. The summed E-state index contributed by atoms with van der Waals surface area (Å²) < 4.78 is 24.0. The molecule has 0 aliphatic heterocycles. The molecule has 4 nitrogen and oxygen atoms in total. The molecule has 0 heterocycles. The highest BCUT2D eigenvalue weighted by atomic mass is 32.2. The van der Waals surface area contributed by atoms with E-state index < -0.39 is 15.8 Å². The maximum atomic E-state index is 12.0. The van der Waals surface area contributed by atoms with Gasteiger partial charge in [0, 0.05) is 0 Å². The molecular weight excluding hydrogens is 252 g/mol. The van der Waals surface area contributed by atoms with E-state index >= 15 is 0 Å². The Bertz CT molecular complexity index is 527. The van der Waals surface area contributed by atoms with Crippen molar-refractivity contribution in [2.45, 2.75) is 30.6 Å². The summed E-state index contributed by atoms with van der Waals surface area (Å²) >= 11 is 0. The van der Waals surface area contributed by atoms with E-state index in [9.17, 15) is 13.2 Å². The monoisotopic (exact) mass is 268 g/mol. The topological polar surface area (TPSA) is 71.4 Å². The molecule has 1 saturated carbocycles. The lowest BCUT2D eigenvalue weighted by Gasteiger charge is -2.04. The standard InChI is InChI=1S/C13H16O4S/c14-13(15)9-11-3-5-12(6-4-11)18(16,17)8-7-10-1-2-10/h3-6,10H,1-2,7-9H2,(H,14,15). The number of sulfone groups is 1. The Hall–Kier alpha value is -1.36. The van der Waals surface area contributed by atoms with Crippen LogP contribution in [-0.2, 0) is 21.1 Å². The summed E-state index contributed by atoms with van der Waals surface area (Å²) in [5.74, 6) is -0.138. The summed E-state index contributed by atoms with van der Waals surface area (Å²) in [5, 5.41) is 8.63. The molecule has 0 radical (unpaired) electrons. The normalized spacial score (nSPS) is 15.6. The summed E-state index contributed by atoms with van der Waals surface area (Å²) in [6, 6.07) is 6.14. The van der Waals surface area contributed by atoms with Crippen molar-refractivity contribution >= 4 is 15.8 Å². The quantitative estimate of drug-likeness (QED) is 0.855. The first-order valence-corrected chi connectivity index (χ1v) is 7.66. The summed E-state index contributed by atoms with van der Waals surface area (Å²) in [6.07, 6.45) is 2.95. The van der Waals surface area contributed by atoms with Gasteiger partial charge >= 0.3 is 5.97 Å². The van der Waals surface area contributed by atoms with Gasteiger partial charge < -0.3 is 5.11 Å². The van der Waals surface area contributed by atoms with Crippen molar-refractivity contribution in [1.29, 1.82) is 0 Å². The van der Waals surface area contributed by atoms with E-state index in [4.69, 9.17) is 5.11 Å². The number of aliphatic carboxylic acids is 1. The van der Waals surface area contributed by atoms with Gasteiger partial charge in [-0.2, -0.15) is 0 Å². The molecule has 1 aliphatic carbocycles. The Kier molecular flexibility index (Phi) is 3.71. The van der Waals surface area contributed by atoms with Crippen molar-refractivity contribution in [2.75, 3.05) is 5.75 Å². The molecule has 0 atom stereocenters. The summed E-state index contributed by atoms with van der Waals surface area (Å²) in [4.78, 5) is 10.8. The third-order valence-electron chi connectivity index (χ3n) is 3.13. The van der Waals surface area contributed by atoms with Gasteiger partial charge in [-0.05, 0) is 30.0 Å². The molecule has 0 spiro atoms. The molecule has 1 N–H and O–H groups in total. The minimum Gasteiger partial charge on any atom is -0.481 e. The smallest absolute Gasteiger partial charge is 0.307 e. The Labute approximate surface area is 107 Å². The molecule has 18 heavy (non-hydrogen) atoms. The SMILES string of the molecule is O=C(O)Cc1ccc(S(=O)(=O)CCC2CC2)cc1. The number of carboxylic acids is 1. The summed E-state index contributed by atoms with van der Waals surface area (Å²) in [5.41, 5.74) is 0.614. The lowest BCUT2D eigenvalue weighted by atomic mass is 10.2. The largest absolute Gasteiger partial charge is 0.481 e. The molecule has 0 amide bonds. The molecule has 0 unspecified atom stereocenters. The van der Waals surface area contributed by atoms with Crippen molar-refractivity contribution in [2.24, 2.45) is 5.92 Å². The van der Waals surface area contributed by atoms with Crippen LogP contribution >= 0.6 is 0 Å². The molecule has 5 heteroatoms. The van der Waals surface area contributed by atoms with Gasteiger partial charge in [-0.25, -0.2) is 8.42 Å². The molecule has 0 aromatic heterocycles. The van der Waals surface area contributed by atoms with Gasteiger partial charge in [0.1, 0.15) is 0 Å². The van der Waals surface area contributed by atoms with Crippen molar-refractivity contribution in [3.63, 3.8) is 0 Å². The maximum absolute atomic E-state index is 12.0. The van der Waals surface area contributed by atoms with E-state index in [0.29, 0.717) is 11.5 Å².